The first kappa shape index (κ1) is 15.0. The minimum atomic E-state index is -0.193. The van der Waals surface area contributed by atoms with Crippen LogP contribution < -0.4 is 4.90 Å². The van der Waals surface area contributed by atoms with Crippen LogP contribution in [0.3, 0.4) is 0 Å². The smallest absolute Gasteiger partial charge is 0.414 e. The number of rotatable bonds is 1. The van der Waals surface area contributed by atoms with E-state index in [1.54, 1.807) is 0 Å². The molecule has 1 aromatic carbocycles. The minimum Gasteiger partial charge on any atom is -0.447 e. The van der Waals surface area contributed by atoms with Gasteiger partial charge in [-0.15, -0.1) is 0 Å². The molecule has 0 spiro atoms. The van der Waals surface area contributed by atoms with Crippen LogP contribution >= 0.6 is 0 Å². The molecule has 3 heterocycles. The number of nitrogens with zero attached hydrogens (tertiary/aromatic N) is 2. The number of aryl methyl sites for hydroxylation is 1. The van der Waals surface area contributed by atoms with E-state index in [0.717, 1.165) is 51.3 Å². The van der Waals surface area contributed by atoms with Crippen LogP contribution in [0.2, 0.25) is 0 Å². The van der Waals surface area contributed by atoms with Gasteiger partial charge in [0.1, 0.15) is 6.61 Å². The normalized spacial score (nSPS) is 26.2. The first-order valence-electron chi connectivity index (χ1n) is 8.59. The summed E-state index contributed by atoms with van der Waals surface area (Å²) < 4.78 is 10.9. The summed E-state index contributed by atoms with van der Waals surface area (Å²) in [5.41, 5.74) is 3.44. The fourth-order valence-corrected chi connectivity index (χ4v) is 3.97. The van der Waals surface area contributed by atoms with Gasteiger partial charge in [-0.05, 0) is 43.4 Å². The monoisotopic (exact) mass is 316 g/mol. The van der Waals surface area contributed by atoms with Gasteiger partial charge in [0.15, 0.2) is 0 Å². The Bertz CT molecular complexity index is 598. The van der Waals surface area contributed by atoms with Crippen LogP contribution in [0, 0.1) is 6.92 Å². The van der Waals surface area contributed by atoms with Crippen molar-refractivity contribution in [3.63, 3.8) is 0 Å². The molecule has 2 saturated heterocycles. The summed E-state index contributed by atoms with van der Waals surface area (Å²) in [6.07, 6.45) is 2.98. The third-order valence-corrected chi connectivity index (χ3v) is 5.29. The average molecular weight is 316 g/mol. The SMILES string of the molecule is Cc1ccc2c(c1)N1C(=O)OCC1CCN(C1CCOCC1)C2. The highest BCUT2D eigenvalue weighted by molar-refractivity contribution is 5.91. The summed E-state index contributed by atoms with van der Waals surface area (Å²) in [4.78, 5) is 16.7. The zero-order valence-corrected chi connectivity index (χ0v) is 13.7. The molecule has 0 saturated carbocycles. The van der Waals surface area contributed by atoms with Gasteiger partial charge < -0.3 is 9.47 Å². The number of hydrogen-bond acceptors (Lipinski definition) is 4. The lowest BCUT2D eigenvalue weighted by molar-refractivity contribution is 0.0293. The lowest BCUT2D eigenvalue weighted by Gasteiger charge is -2.38. The van der Waals surface area contributed by atoms with Gasteiger partial charge in [0.2, 0.25) is 0 Å². The number of anilines is 1. The highest BCUT2D eigenvalue weighted by Crippen LogP contribution is 2.33. The quantitative estimate of drug-likeness (QED) is 0.799. The maximum Gasteiger partial charge on any atom is 0.414 e. The molecule has 3 aliphatic heterocycles. The van der Waals surface area contributed by atoms with Crippen molar-refractivity contribution in [3.05, 3.63) is 29.3 Å². The maximum absolute atomic E-state index is 12.2. The molecule has 3 aliphatic rings. The molecule has 4 rings (SSSR count). The van der Waals surface area contributed by atoms with Gasteiger partial charge in [0, 0.05) is 32.3 Å². The number of cyclic esters (lactones) is 1. The molecule has 0 N–H and O–H groups in total. The maximum atomic E-state index is 12.2. The molecule has 0 aromatic heterocycles. The molecule has 5 nitrogen and oxygen atoms in total. The van der Waals surface area contributed by atoms with Crippen LogP contribution in [-0.4, -0.2) is 49.4 Å². The first-order chi connectivity index (χ1) is 11.2. The number of fused-ring (bicyclic) bond motifs is 3. The number of carbonyl (C=O) groups is 1. The lowest BCUT2D eigenvalue weighted by atomic mass is 10.00. The largest absolute Gasteiger partial charge is 0.447 e. The van der Waals surface area contributed by atoms with Crippen molar-refractivity contribution < 1.29 is 14.3 Å². The van der Waals surface area contributed by atoms with Gasteiger partial charge in [-0.3, -0.25) is 9.80 Å². The van der Waals surface area contributed by atoms with Crippen molar-refractivity contribution >= 4 is 11.8 Å². The molecule has 0 bridgehead atoms. The molecular formula is C18H24N2O3. The third-order valence-electron chi connectivity index (χ3n) is 5.29. The molecule has 5 heteroatoms. The molecule has 1 aromatic rings. The predicted molar refractivity (Wildman–Crippen MR) is 87.7 cm³/mol. The van der Waals surface area contributed by atoms with Crippen molar-refractivity contribution in [2.75, 3.05) is 31.3 Å². The van der Waals surface area contributed by atoms with E-state index in [4.69, 9.17) is 9.47 Å². The Morgan fingerprint density at radius 1 is 1.13 bits per heavy atom. The minimum absolute atomic E-state index is 0.158. The zero-order chi connectivity index (χ0) is 15.8. The number of carbonyl (C=O) groups excluding carboxylic acids is 1. The molecule has 23 heavy (non-hydrogen) atoms. The Kier molecular flexibility index (Phi) is 3.99. The highest BCUT2D eigenvalue weighted by Gasteiger charge is 2.38. The van der Waals surface area contributed by atoms with Gasteiger partial charge in [-0.25, -0.2) is 4.79 Å². The van der Waals surface area contributed by atoms with E-state index in [-0.39, 0.29) is 12.1 Å². The Morgan fingerprint density at radius 3 is 2.78 bits per heavy atom. The van der Waals surface area contributed by atoms with Crippen molar-refractivity contribution in [2.45, 2.75) is 44.8 Å². The predicted octanol–water partition coefficient (Wildman–Crippen LogP) is 2.70. The fraction of sp³-hybridized carbons (Fsp3) is 0.611. The number of amides is 1. The van der Waals surface area contributed by atoms with Crippen LogP contribution in [0.15, 0.2) is 18.2 Å². The van der Waals surface area contributed by atoms with E-state index in [1.165, 1.54) is 11.1 Å². The van der Waals surface area contributed by atoms with Crippen molar-refractivity contribution in [1.29, 1.82) is 0 Å². The van der Waals surface area contributed by atoms with Gasteiger partial charge in [-0.2, -0.15) is 0 Å². The van der Waals surface area contributed by atoms with E-state index in [2.05, 4.69) is 30.0 Å². The van der Waals surface area contributed by atoms with Crippen LogP contribution in [0.4, 0.5) is 10.5 Å². The fourth-order valence-electron chi connectivity index (χ4n) is 3.97. The summed E-state index contributed by atoms with van der Waals surface area (Å²) in [5, 5.41) is 0. The Morgan fingerprint density at radius 2 is 1.96 bits per heavy atom. The van der Waals surface area contributed by atoms with Crippen molar-refractivity contribution in [1.82, 2.24) is 4.90 Å². The van der Waals surface area contributed by atoms with E-state index < -0.39 is 0 Å². The summed E-state index contributed by atoms with van der Waals surface area (Å²) in [6, 6.07) is 7.18. The van der Waals surface area contributed by atoms with E-state index in [9.17, 15) is 4.79 Å². The van der Waals surface area contributed by atoms with E-state index in [0.29, 0.717) is 12.6 Å². The Balaban J connectivity index is 1.68. The topological polar surface area (TPSA) is 42.0 Å². The van der Waals surface area contributed by atoms with E-state index >= 15 is 0 Å². The highest BCUT2D eigenvalue weighted by atomic mass is 16.6. The second kappa shape index (κ2) is 6.13. The second-order valence-electron chi connectivity index (χ2n) is 6.84. The van der Waals surface area contributed by atoms with Crippen LogP contribution in [0.5, 0.6) is 0 Å². The number of ether oxygens (including phenoxy) is 2. The summed E-state index contributed by atoms with van der Waals surface area (Å²) >= 11 is 0. The Hall–Kier alpha value is -1.59. The van der Waals surface area contributed by atoms with Crippen molar-refractivity contribution in [2.24, 2.45) is 0 Å². The zero-order valence-electron chi connectivity index (χ0n) is 13.7. The molecule has 0 radical (unpaired) electrons. The second-order valence-corrected chi connectivity index (χ2v) is 6.84. The average Bonchev–Trinajstić information content (AvgIpc) is 2.91. The van der Waals surface area contributed by atoms with Crippen LogP contribution in [0.1, 0.15) is 30.4 Å². The Labute approximate surface area is 137 Å². The molecule has 0 aliphatic carbocycles. The summed E-state index contributed by atoms with van der Waals surface area (Å²) in [7, 11) is 0. The van der Waals surface area contributed by atoms with Gasteiger partial charge in [-0.1, -0.05) is 12.1 Å². The van der Waals surface area contributed by atoms with E-state index in [1.807, 2.05) is 4.90 Å². The molecule has 124 valence electrons. The standard InChI is InChI=1S/C18H24N2O3/c1-13-2-3-14-11-19(15-5-8-22-9-6-15)7-4-16-12-23-18(21)20(16)17(14)10-13/h2-3,10,15-16H,4-9,11-12H2,1H3. The van der Waals surface area contributed by atoms with Gasteiger partial charge in [0.05, 0.1) is 11.7 Å². The first-order valence-corrected chi connectivity index (χ1v) is 8.59. The van der Waals surface area contributed by atoms with Gasteiger partial charge >= 0.3 is 6.09 Å². The van der Waals surface area contributed by atoms with Gasteiger partial charge in [0.25, 0.3) is 0 Å². The number of benzene rings is 1. The molecule has 1 unspecified atom stereocenters. The van der Waals surface area contributed by atoms with Crippen molar-refractivity contribution in [3.8, 4) is 0 Å². The molecule has 2 fully saturated rings. The molecule has 1 amide bonds. The molecule has 1 atom stereocenters. The van der Waals surface area contributed by atoms with Crippen LogP contribution in [0.25, 0.3) is 0 Å². The summed E-state index contributed by atoms with van der Waals surface area (Å²) in [6.45, 7) is 6.21. The van der Waals surface area contributed by atoms with Crippen LogP contribution in [-0.2, 0) is 16.0 Å². The lowest BCUT2D eigenvalue weighted by Crippen LogP contribution is -2.45. The third kappa shape index (κ3) is 2.83. The summed E-state index contributed by atoms with van der Waals surface area (Å²) in [5.74, 6) is 0. The molecular weight excluding hydrogens is 292 g/mol. The number of hydrogen-bond donors (Lipinski definition) is 0.